The van der Waals surface area contributed by atoms with E-state index in [4.69, 9.17) is 5.73 Å². The van der Waals surface area contributed by atoms with Crippen LogP contribution in [0.4, 0.5) is 22.7 Å². The highest BCUT2D eigenvalue weighted by Gasteiger charge is 2.25. The summed E-state index contributed by atoms with van der Waals surface area (Å²) < 4.78 is 0. The highest BCUT2D eigenvalue weighted by atomic mass is 15.2. The summed E-state index contributed by atoms with van der Waals surface area (Å²) in [5.74, 6) is 0. The third-order valence-electron chi connectivity index (χ3n) is 9.26. The van der Waals surface area contributed by atoms with E-state index in [9.17, 15) is 0 Å². The second-order valence-electron chi connectivity index (χ2n) is 12.4. The van der Waals surface area contributed by atoms with Crippen molar-refractivity contribution in [2.45, 2.75) is 0 Å². The van der Waals surface area contributed by atoms with Gasteiger partial charge in [0.1, 0.15) is 0 Å². The molecule has 0 aliphatic heterocycles. The fraction of sp³-hybridized carbons (Fsp3) is 0. The molecule has 2 heteroatoms. The second-order valence-corrected chi connectivity index (χ2v) is 12.4. The lowest BCUT2D eigenvalue weighted by molar-refractivity contribution is 1.28. The predicted octanol–water partition coefficient (Wildman–Crippen LogP) is 13.1. The molecule has 238 valence electrons. The molecule has 0 atom stereocenters. The van der Waals surface area contributed by atoms with Crippen molar-refractivity contribution in [3.8, 4) is 55.6 Å². The van der Waals surface area contributed by atoms with Crippen LogP contribution in [0.15, 0.2) is 206 Å². The molecule has 8 aromatic carbocycles. The van der Waals surface area contributed by atoms with E-state index in [0.29, 0.717) is 0 Å². The van der Waals surface area contributed by atoms with Gasteiger partial charge < -0.3 is 10.6 Å². The van der Waals surface area contributed by atoms with Crippen LogP contribution in [-0.4, -0.2) is 0 Å². The van der Waals surface area contributed by atoms with E-state index in [0.717, 1.165) is 61.7 Å². The fourth-order valence-electron chi connectivity index (χ4n) is 6.81. The van der Waals surface area contributed by atoms with E-state index in [1.807, 2.05) is 0 Å². The summed E-state index contributed by atoms with van der Waals surface area (Å²) >= 11 is 0. The van der Waals surface area contributed by atoms with E-state index in [2.05, 4.69) is 211 Å². The molecule has 2 N–H and O–H groups in total. The molecule has 0 saturated carbocycles. The monoisotopic (exact) mass is 640 g/mol. The first-order chi connectivity index (χ1) is 24.7. The van der Waals surface area contributed by atoms with Gasteiger partial charge in [-0.2, -0.15) is 0 Å². The summed E-state index contributed by atoms with van der Waals surface area (Å²) in [6.07, 6.45) is 0. The molecular weight excluding hydrogens is 605 g/mol. The Balaban J connectivity index is 1.41. The van der Waals surface area contributed by atoms with Gasteiger partial charge in [-0.05, 0) is 74.8 Å². The number of hydrogen-bond acceptors (Lipinski definition) is 2. The fourth-order valence-corrected chi connectivity index (χ4v) is 6.81. The highest BCUT2D eigenvalue weighted by molar-refractivity contribution is 6.06. The Hall–Kier alpha value is -6.64. The molecule has 0 aliphatic rings. The van der Waals surface area contributed by atoms with Gasteiger partial charge in [0, 0.05) is 22.5 Å². The third kappa shape index (κ3) is 6.07. The molecule has 0 aliphatic carbocycles. The van der Waals surface area contributed by atoms with Crippen LogP contribution in [0.2, 0.25) is 0 Å². The standard InChI is InChI=1S/C48H36N2/c49-47-46(41-22-12-4-13-23-41)44(39-20-10-3-11-21-39)34-45(40-28-26-37(27-29-40)35-16-6-1-7-17-35)48(47)50(42-24-14-5-15-25-42)43-32-30-38(31-33-43)36-18-8-2-9-19-36/h1-34H,49H2. The van der Waals surface area contributed by atoms with Gasteiger partial charge in [-0.25, -0.2) is 0 Å². The van der Waals surface area contributed by atoms with E-state index >= 15 is 0 Å². The molecular formula is C48H36N2. The zero-order valence-corrected chi connectivity index (χ0v) is 27.7. The smallest absolute Gasteiger partial charge is 0.0777 e. The number of rotatable bonds is 8. The molecule has 8 aromatic rings. The average Bonchev–Trinajstić information content (AvgIpc) is 3.20. The Labute approximate surface area is 294 Å². The van der Waals surface area contributed by atoms with Crippen molar-refractivity contribution in [2.24, 2.45) is 0 Å². The van der Waals surface area contributed by atoms with Crippen molar-refractivity contribution < 1.29 is 0 Å². The first-order valence-electron chi connectivity index (χ1n) is 17.0. The molecule has 2 nitrogen and oxygen atoms in total. The maximum atomic E-state index is 7.57. The first-order valence-corrected chi connectivity index (χ1v) is 17.0. The maximum Gasteiger partial charge on any atom is 0.0777 e. The van der Waals surface area contributed by atoms with Crippen molar-refractivity contribution >= 4 is 22.7 Å². The minimum absolute atomic E-state index is 0.718. The van der Waals surface area contributed by atoms with Crippen LogP contribution in [0.25, 0.3) is 55.6 Å². The third-order valence-corrected chi connectivity index (χ3v) is 9.26. The van der Waals surface area contributed by atoms with Crippen molar-refractivity contribution in [1.29, 1.82) is 0 Å². The summed E-state index contributed by atoms with van der Waals surface area (Å²) in [6, 6.07) is 72.6. The first kappa shape index (κ1) is 30.7. The van der Waals surface area contributed by atoms with Gasteiger partial charge in [0.2, 0.25) is 0 Å². The molecule has 0 radical (unpaired) electrons. The highest BCUT2D eigenvalue weighted by Crippen LogP contribution is 2.51. The Morgan fingerprint density at radius 1 is 0.300 bits per heavy atom. The van der Waals surface area contributed by atoms with Gasteiger partial charge in [0.15, 0.2) is 0 Å². The van der Waals surface area contributed by atoms with E-state index in [-0.39, 0.29) is 0 Å². The van der Waals surface area contributed by atoms with E-state index in [1.54, 1.807) is 0 Å². The molecule has 0 aromatic heterocycles. The number of para-hydroxylation sites is 1. The van der Waals surface area contributed by atoms with E-state index in [1.165, 1.54) is 16.7 Å². The largest absolute Gasteiger partial charge is 0.396 e. The van der Waals surface area contributed by atoms with E-state index < -0.39 is 0 Å². The van der Waals surface area contributed by atoms with Gasteiger partial charge in [0.05, 0.1) is 11.4 Å². The predicted molar refractivity (Wildman–Crippen MR) is 213 cm³/mol. The Morgan fingerprint density at radius 3 is 1.14 bits per heavy atom. The van der Waals surface area contributed by atoms with Crippen LogP contribution in [0, 0.1) is 0 Å². The van der Waals surface area contributed by atoms with Crippen LogP contribution in [0.1, 0.15) is 0 Å². The van der Waals surface area contributed by atoms with Crippen LogP contribution >= 0.6 is 0 Å². The molecule has 0 unspecified atom stereocenters. The van der Waals surface area contributed by atoms with Crippen molar-refractivity contribution in [3.05, 3.63) is 206 Å². The molecule has 0 bridgehead atoms. The maximum absolute atomic E-state index is 7.57. The minimum atomic E-state index is 0.718. The molecule has 0 saturated heterocycles. The Morgan fingerprint density at radius 2 is 0.640 bits per heavy atom. The summed E-state index contributed by atoms with van der Waals surface area (Å²) in [5.41, 5.74) is 22.4. The van der Waals surface area contributed by atoms with Gasteiger partial charge in [-0.3, -0.25) is 0 Å². The number of nitrogens with two attached hydrogens (primary N) is 1. The summed E-state index contributed by atoms with van der Waals surface area (Å²) in [6.45, 7) is 0. The topological polar surface area (TPSA) is 29.3 Å². The Bertz CT molecular complexity index is 2320. The lowest BCUT2D eigenvalue weighted by Gasteiger charge is -2.31. The molecule has 0 spiro atoms. The molecule has 0 amide bonds. The number of hydrogen-bond donors (Lipinski definition) is 1. The zero-order chi connectivity index (χ0) is 33.7. The zero-order valence-electron chi connectivity index (χ0n) is 27.7. The number of benzene rings is 8. The molecule has 50 heavy (non-hydrogen) atoms. The molecule has 8 rings (SSSR count). The lowest BCUT2D eigenvalue weighted by Crippen LogP contribution is -2.14. The van der Waals surface area contributed by atoms with Crippen LogP contribution in [-0.2, 0) is 0 Å². The van der Waals surface area contributed by atoms with Crippen LogP contribution in [0.5, 0.6) is 0 Å². The van der Waals surface area contributed by atoms with Gasteiger partial charge in [-0.1, -0.05) is 176 Å². The lowest BCUT2D eigenvalue weighted by atomic mass is 9.87. The normalized spacial score (nSPS) is 10.9. The average molecular weight is 641 g/mol. The van der Waals surface area contributed by atoms with Gasteiger partial charge in [0.25, 0.3) is 0 Å². The summed E-state index contributed by atoms with van der Waals surface area (Å²) in [5, 5.41) is 0. The van der Waals surface area contributed by atoms with Gasteiger partial charge in [-0.15, -0.1) is 0 Å². The molecule has 0 fully saturated rings. The number of nitrogen functional groups attached to an aromatic ring is 1. The number of nitrogens with zero attached hydrogens (tertiary/aromatic N) is 1. The number of anilines is 4. The van der Waals surface area contributed by atoms with Crippen LogP contribution < -0.4 is 10.6 Å². The Kier molecular flexibility index (Phi) is 8.49. The molecule has 0 heterocycles. The van der Waals surface area contributed by atoms with Crippen molar-refractivity contribution in [2.75, 3.05) is 10.6 Å². The summed E-state index contributed by atoms with van der Waals surface area (Å²) in [4.78, 5) is 2.31. The van der Waals surface area contributed by atoms with Crippen LogP contribution in [0.3, 0.4) is 0 Å². The van der Waals surface area contributed by atoms with Gasteiger partial charge >= 0.3 is 0 Å². The minimum Gasteiger partial charge on any atom is -0.396 e. The van der Waals surface area contributed by atoms with Crippen molar-refractivity contribution in [3.63, 3.8) is 0 Å². The van der Waals surface area contributed by atoms with Crippen molar-refractivity contribution in [1.82, 2.24) is 0 Å². The second kappa shape index (κ2) is 13.8. The quantitative estimate of drug-likeness (QED) is 0.167. The SMILES string of the molecule is Nc1c(-c2ccccc2)c(-c2ccccc2)cc(-c2ccc(-c3ccccc3)cc2)c1N(c1ccccc1)c1ccc(-c2ccccc2)cc1. The summed E-state index contributed by atoms with van der Waals surface area (Å²) in [7, 11) is 0.